The molecule has 4 heterocycles. The van der Waals surface area contributed by atoms with E-state index < -0.39 is 11.7 Å². The van der Waals surface area contributed by atoms with Gasteiger partial charge in [0, 0.05) is 42.3 Å². The molecule has 2 bridgehead atoms. The van der Waals surface area contributed by atoms with Crippen LogP contribution in [0.5, 0.6) is 0 Å². The minimum Gasteiger partial charge on any atom is -0.366 e. The molecule has 186 valence electrons. The van der Waals surface area contributed by atoms with E-state index in [4.69, 9.17) is 4.98 Å². The second-order valence-electron chi connectivity index (χ2n) is 9.13. The second kappa shape index (κ2) is 8.92. The van der Waals surface area contributed by atoms with Crippen LogP contribution in [0, 0.1) is 0 Å². The Hall–Kier alpha value is -4.40. The minimum atomic E-state index is -4.45. The largest absolute Gasteiger partial charge is 0.416 e. The van der Waals surface area contributed by atoms with Crippen molar-refractivity contribution < 1.29 is 18.0 Å². The van der Waals surface area contributed by atoms with Gasteiger partial charge in [-0.3, -0.25) is 9.88 Å². The molecule has 1 fully saturated rings. The summed E-state index contributed by atoms with van der Waals surface area (Å²) in [7, 11) is 0. The van der Waals surface area contributed by atoms with E-state index in [1.54, 1.807) is 29.4 Å². The average Bonchev–Trinajstić information content (AvgIpc) is 3.33. The van der Waals surface area contributed by atoms with Gasteiger partial charge < -0.3 is 10.2 Å². The molecule has 9 heteroatoms. The normalized spacial score (nSPS) is 16.5. The molecule has 1 atom stereocenters. The van der Waals surface area contributed by atoms with Gasteiger partial charge in [0.1, 0.15) is 0 Å². The van der Waals surface area contributed by atoms with Crippen molar-refractivity contribution in [2.24, 2.45) is 0 Å². The van der Waals surface area contributed by atoms with Crippen LogP contribution in [0.25, 0.3) is 22.4 Å². The Kier molecular flexibility index (Phi) is 5.55. The quantitative estimate of drug-likeness (QED) is 0.350. The van der Waals surface area contributed by atoms with Crippen LogP contribution in [-0.4, -0.2) is 35.1 Å². The maximum absolute atomic E-state index is 13.6. The number of benzene rings is 2. The molecule has 0 radical (unpaired) electrons. The highest BCUT2D eigenvalue weighted by atomic mass is 19.4. The first kappa shape index (κ1) is 23.0. The lowest BCUT2D eigenvalue weighted by molar-refractivity contribution is -0.137. The van der Waals surface area contributed by atoms with Crippen LogP contribution < -0.4 is 15.1 Å². The zero-order chi connectivity index (χ0) is 25.6. The summed E-state index contributed by atoms with van der Waals surface area (Å²) < 4.78 is 39.9. The fourth-order valence-corrected chi connectivity index (χ4v) is 4.98. The van der Waals surface area contributed by atoms with Gasteiger partial charge in [-0.05, 0) is 54.4 Å². The maximum Gasteiger partial charge on any atom is 0.416 e. The van der Waals surface area contributed by atoms with Gasteiger partial charge in [0.2, 0.25) is 0 Å². The third-order valence-corrected chi connectivity index (χ3v) is 6.77. The average molecular weight is 502 g/mol. The van der Waals surface area contributed by atoms with E-state index in [-0.39, 0.29) is 12.1 Å². The lowest BCUT2D eigenvalue weighted by atomic mass is 10.1. The van der Waals surface area contributed by atoms with E-state index in [9.17, 15) is 18.0 Å². The van der Waals surface area contributed by atoms with Crippen molar-refractivity contribution in [3.63, 3.8) is 0 Å². The Morgan fingerprint density at radius 3 is 2.57 bits per heavy atom. The van der Waals surface area contributed by atoms with Crippen LogP contribution in [0.3, 0.4) is 0 Å². The summed E-state index contributed by atoms with van der Waals surface area (Å²) >= 11 is 0. The van der Waals surface area contributed by atoms with E-state index >= 15 is 0 Å². The first-order valence-corrected chi connectivity index (χ1v) is 11.9. The van der Waals surface area contributed by atoms with Gasteiger partial charge in [-0.1, -0.05) is 30.3 Å². The number of hydrogen-bond acceptors (Lipinski definition) is 4. The Balaban J connectivity index is 1.33. The molecule has 6 rings (SSSR count). The monoisotopic (exact) mass is 501 g/mol. The third-order valence-electron chi connectivity index (χ3n) is 6.77. The van der Waals surface area contributed by atoms with Gasteiger partial charge in [0.15, 0.2) is 5.82 Å². The molecular weight excluding hydrogens is 479 g/mol. The number of pyridine rings is 2. The van der Waals surface area contributed by atoms with Crippen LogP contribution in [0.15, 0.2) is 85.2 Å². The van der Waals surface area contributed by atoms with E-state index in [1.165, 1.54) is 6.07 Å². The Bertz CT molecular complexity index is 1470. The Labute approximate surface area is 211 Å². The second-order valence-corrected chi connectivity index (χ2v) is 9.13. The van der Waals surface area contributed by atoms with Gasteiger partial charge in [-0.25, -0.2) is 9.78 Å². The number of nitrogens with zero attached hydrogens (tertiary/aromatic N) is 4. The molecule has 0 spiro atoms. The van der Waals surface area contributed by atoms with Gasteiger partial charge >= 0.3 is 12.2 Å². The maximum atomic E-state index is 13.6. The molecule has 0 unspecified atom stereocenters. The number of aromatic nitrogens is 2. The lowest BCUT2D eigenvalue weighted by Crippen LogP contribution is -2.48. The van der Waals surface area contributed by atoms with E-state index in [0.29, 0.717) is 29.3 Å². The molecule has 1 N–H and O–H groups in total. The number of carbonyl (C=O) groups is 1. The summed E-state index contributed by atoms with van der Waals surface area (Å²) in [5, 5.41) is 2.99. The van der Waals surface area contributed by atoms with Crippen molar-refractivity contribution >= 4 is 23.2 Å². The number of fused-ring (bicyclic) bond motifs is 4. The zero-order valence-corrected chi connectivity index (χ0v) is 19.6. The fourth-order valence-electron chi connectivity index (χ4n) is 4.98. The molecule has 2 aliphatic heterocycles. The van der Waals surface area contributed by atoms with Crippen LogP contribution in [0.4, 0.5) is 35.2 Å². The van der Waals surface area contributed by atoms with Crippen molar-refractivity contribution in [3.8, 4) is 22.4 Å². The number of nitrogens with one attached hydrogen (secondary N) is 1. The van der Waals surface area contributed by atoms with Crippen molar-refractivity contribution in [1.82, 2.24) is 9.97 Å². The molecule has 1 saturated heterocycles. The first-order valence-electron chi connectivity index (χ1n) is 11.9. The highest BCUT2D eigenvalue weighted by Crippen LogP contribution is 2.41. The lowest BCUT2D eigenvalue weighted by Gasteiger charge is -2.36. The van der Waals surface area contributed by atoms with Gasteiger partial charge in [-0.2, -0.15) is 13.2 Å². The summed E-state index contributed by atoms with van der Waals surface area (Å²) in [4.78, 5) is 26.3. The SMILES string of the molecule is O=C(Nc1cccc(-c2cccnc2)c1)N1c2nc(-c3cccc(C(F)(F)F)c3)ccc2N2CC[C@H]1C2. The molecule has 2 aromatic heterocycles. The molecule has 0 saturated carbocycles. The van der Waals surface area contributed by atoms with Gasteiger partial charge in [0.05, 0.1) is 23.0 Å². The molecule has 2 aromatic carbocycles. The molecule has 6 nitrogen and oxygen atoms in total. The third kappa shape index (κ3) is 4.37. The van der Waals surface area contributed by atoms with Crippen LogP contribution in [0.2, 0.25) is 0 Å². The van der Waals surface area contributed by atoms with Crippen LogP contribution in [-0.2, 0) is 6.18 Å². The highest BCUT2D eigenvalue weighted by Gasteiger charge is 2.40. The predicted octanol–water partition coefficient (Wildman–Crippen LogP) is 6.46. The summed E-state index contributed by atoms with van der Waals surface area (Å²) in [6, 6.07) is 19.5. The van der Waals surface area contributed by atoms with E-state index in [2.05, 4.69) is 15.2 Å². The summed E-state index contributed by atoms with van der Waals surface area (Å²) in [6.45, 7) is 1.46. The van der Waals surface area contributed by atoms with Crippen LogP contribution >= 0.6 is 0 Å². The number of halogens is 3. The fraction of sp³-hybridized carbons (Fsp3) is 0.179. The molecular formula is C28H22F3N5O. The predicted molar refractivity (Wildman–Crippen MR) is 136 cm³/mol. The smallest absolute Gasteiger partial charge is 0.366 e. The molecule has 2 amide bonds. The van der Waals surface area contributed by atoms with E-state index in [1.807, 2.05) is 42.5 Å². The number of amides is 2. The van der Waals surface area contributed by atoms with Crippen molar-refractivity contribution in [2.45, 2.75) is 18.6 Å². The summed E-state index contributed by atoms with van der Waals surface area (Å²) in [5.41, 5.74) is 3.25. The zero-order valence-electron chi connectivity index (χ0n) is 19.6. The molecule has 0 aliphatic carbocycles. The minimum absolute atomic E-state index is 0.0849. The number of hydrogen-bond donors (Lipinski definition) is 1. The number of urea groups is 1. The van der Waals surface area contributed by atoms with Gasteiger partial charge in [-0.15, -0.1) is 0 Å². The molecule has 2 aliphatic rings. The number of alkyl halides is 3. The van der Waals surface area contributed by atoms with Crippen LogP contribution in [0.1, 0.15) is 12.0 Å². The number of carbonyl (C=O) groups excluding carboxylic acids is 1. The summed E-state index contributed by atoms with van der Waals surface area (Å²) in [5.74, 6) is 0.449. The van der Waals surface area contributed by atoms with Gasteiger partial charge in [0.25, 0.3) is 0 Å². The highest BCUT2D eigenvalue weighted by molar-refractivity contribution is 6.05. The number of anilines is 3. The Morgan fingerprint density at radius 2 is 1.76 bits per heavy atom. The van der Waals surface area contributed by atoms with Crippen molar-refractivity contribution in [3.05, 3.63) is 90.8 Å². The van der Waals surface area contributed by atoms with E-state index in [0.717, 1.165) is 41.9 Å². The van der Waals surface area contributed by atoms with Crippen molar-refractivity contribution in [1.29, 1.82) is 0 Å². The molecule has 37 heavy (non-hydrogen) atoms. The van der Waals surface area contributed by atoms with Crippen molar-refractivity contribution in [2.75, 3.05) is 28.2 Å². The summed E-state index contributed by atoms with van der Waals surface area (Å²) in [6.07, 6.45) is -0.216. The first-order chi connectivity index (χ1) is 17.9. The topological polar surface area (TPSA) is 61.4 Å². The molecule has 4 aromatic rings. The standard InChI is InChI=1S/C28H22F3N5O/c29-28(30,31)21-7-1-5-19(14-21)24-9-10-25-26(34-24)36(23-11-13-35(25)17-23)27(37)33-22-8-2-4-18(15-22)20-6-3-12-32-16-20/h1-10,12,14-16,23H,11,13,17H2,(H,33,37)/t23-/m0/s1. The number of rotatable bonds is 3. The Morgan fingerprint density at radius 1 is 0.946 bits per heavy atom.